The number of hydrogen-bond donors (Lipinski definition) is 1. The maximum atomic E-state index is 11.7. The number of amides is 1. The van der Waals surface area contributed by atoms with E-state index in [0.717, 1.165) is 10.0 Å². The Morgan fingerprint density at radius 1 is 1.30 bits per heavy atom. The van der Waals surface area contributed by atoms with Gasteiger partial charge in [0.25, 0.3) is 0 Å². The lowest BCUT2D eigenvalue weighted by Gasteiger charge is -2.19. The van der Waals surface area contributed by atoms with E-state index in [0.29, 0.717) is 6.61 Å². The van der Waals surface area contributed by atoms with Gasteiger partial charge in [0.2, 0.25) is 5.91 Å². The van der Waals surface area contributed by atoms with Crippen LogP contribution in [0.1, 0.15) is 26.3 Å². The standard InChI is InChI=1S/C15H20BrNO3/c1-10(2)15(11(3)18)17-14(19)9-20-8-12-6-4-5-7-13(12)16/h4-7,10,15H,8-9H2,1-3H3,(H,17,19). The Morgan fingerprint density at radius 2 is 1.95 bits per heavy atom. The molecule has 0 aliphatic carbocycles. The summed E-state index contributed by atoms with van der Waals surface area (Å²) in [6.45, 7) is 5.56. The number of hydrogen-bond acceptors (Lipinski definition) is 3. The quantitative estimate of drug-likeness (QED) is 0.829. The lowest BCUT2D eigenvalue weighted by atomic mass is 10.0. The summed E-state index contributed by atoms with van der Waals surface area (Å²) < 4.78 is 6.32. The van der Waals surface area contributed by atoms with Gasteiger partial charge < -0.3 is 10.1 Å². The third-order valence-electron chi connectivity index (χ3n) is 2.87. The predicted molar refractivity (Wildman–Crippen MR) is 81.2 cm³/mol. The fraction of sp³-hybridized carbons (Fsp3) is 0.467. The van der Waals surface area contributed by atoms with Crippen LogP contribution in [0.15, 0.2) is 28.7 Å². The normalized spacial score (nSPS) is 12.2. The first kappa shape index (κ1) is 16.9. The van der Waals surface area contributed by atoms with Crippen molar-refractivity contribution in [2.75, 3.05) is 6.61 Å². The molecule has 110 valence electrons. The lowest BCUT2D eigenvalue weighted by Crippen LogP contribution is -2.44. The minimum atomic E-state index is -0.449. The molecule has 0 radical (unpaired) electrons. The topological polar surface area (TPSA) is 55.4 Å². The number of carbonyl (C=O) groups is 2. The van der Waals surface area contributed by atoms with Gasteiger partial charge in [0.05, 0.1) is 12.6 Å². The van der Waals surface area contributed by atoms with E-state index in [9.17, 15) is 9.59 Å². The highest BCUT2D eigenvalue weighted by atomic mass is 79.9. The zero-order chi connectivity index (χ0) is 15.1. The molecule has 20 heavy (non-hydrogen) atoms. The van der Waals surface area contributed by atoms with Crippen molar-refractivity contribution in [2.45, 2.75) is 33.4 Å². The van der Waals surface area contributed by atoms with E-state index < -0.39 is 6.04 Å². The third-order valence-corrected chi connectivity index (χ3v) is 3.64. The molecule has 1 atom stereocenters. The predicted octanol–water partition coefficient (Wildman–Crippen LogP) is 2.70. The van der Waals surface area contributed by atoms with Crippen molar-refractivity contribution in [2.24, 2.45) is 5.92 Å². The fourth-order valence-corrected chi connectivity index (χ4v) is 2.22. The molecule has 5 heteroatoms. The molecule has 1 rings (SSSR count). The number of ether oxygens (including phenoxy) is 1. The highest BCUT2D eigenvalue weighted by Crippen LogP contribution is 2.16. The molecular formula is C15H20BrNO3. The molecular weight excluding hydrogens is 322 g/mol. The van der Waals surface area contributed by atoms with Crippen LogP contribution in [0.3, 0.4) is 0 Å². The zero-order valence-electron chi connectivity index (χ0n) is 12.0. The van der Waals surface area contributed by atoms with Gasteiger partial charge in [-0.25, -0.2) is 0 Å². The zero-order valence-corrected chi connectivity index (χ0v) is 13.6. The van der Waals surface area contributed by atoms with Crippen molar-refractivity contribution < 1.29 is 14.3 Å². The van der Waals surface area contributed by atoms with Crippen LogP contribution in [-0.2, 0) is 20.9 Å². The first-order valence-corrected chi connectivity index (χ1v) is 7.32. The minimum Gasteiger partial charge on any atom is -0.367 e. The molecule has 0 saturated carbocycles. The number of Topliss-reactive ketones (excluding diaryl/α,β-unsaturated/α-hetero) is 1. The van der Waals surface area contributed by atoms with E-state index >= 15 is 0 Å². The minimum absolute atomic E-state index is 0.0425. The molecule has 1 unspecified atom stereocenters. The van der Waals surface area contributed by atoms with Crippen LogP contribution < -0.4 is 5.32 Å². The summed E-state index contributed by atoms with van der Waals surface area (Å²) in [7, 11) is 0. The summed E-state index contributed by atoms with van der Waals surface area (Å²) in [5.74, 6) is -0.246. The molecule has 0 fully saturated rings. The maximum Gasteiger partial charge on any atom is 0.246 e. The van der Waals surface area contributed by atoms with Crippen molar-refractivity contribution in [3.8, 4) is 0 Å². The molecule has 0 bridgehead atoms. The summed E-state index contributed by atoms with van der Waals surface area (Å²) in [5, 5.41) is 2.69. The van der Waals surface area contributed by atoms with Gasteiger partial charge in [-0.3, -0.25) is 9.59 Å². The smallest absolute Gasteiger partial charge is 0.246 e. The fourth-order valence-electron chi connectivity index (χ4n) is 1.82. The Kier molecular flexibility index (Phi) is 6.88. The molecule has 1 aromatic rings. The van der Waals surface area contributed by atoms with Gasteiger partial charge >= 0.3 is 0 Å². The summed E-state index contributed by atoms with van der Waals surface area (Å²) in [6.07, 6.45) is 0. The summed E-state index contributed by atoms with van der Waals surface area (Å²) in [6, 6.07) is 7.22. The first-order valence-electron chi connectivity index (χ1n) is 6.52. The van der Waals surface area contributed by atoms with Gasteiger partial charge in [-0.1, -0.05) is 48.0 Å². The average molecular weight is 342 g/mol. The molecule has 1 aromatic carbocycles. The first-order chi connectivity index (χ1) is 9.41. The van der Waals surface area contributed by atoms with E-state index in [2.05, 4.69) is 21.2 Å². The van der Waals surface area contributed by atoms with Gasteiger partial charge in [0.1, 0.15) is 6.61 Å². The van der Waals surface area contributed by atoms with E-state index in [4.69, 9.17) is 4.74 Å². The molecule has 0 aliphatic heterocycles. The molecule has 0 saturated heterocycles. The van der Waals surface area contributed by atoms with Crippen molar-refractivity contribution in [1.29, 1.82) is 0 Å². The Bertz CT molecular complexity index is 474. The Hall–Kier alpha value is -1.20. The Balaban J connectivity index is 2.40. The van der Waals surface area contributed by atoms with Crippen LogP contribution in [-0.4, -0.2) is 24.3 Å². The van der Waals surface area contributed by atoms with Crippen molar-refractivity contribution in [3.05, 3.63) is 34.3 Å². The summed E-state index contributed by atoms with van der Waals surface area (Å²) in [4.78, 5) is 23.1. The Morgan fingerprint density at radius 3 is 2.50 bits per heavy atom. The average Bonchev–Trinajstić information content (AvgIpc) is 2.37. The highest BCUT2D eigenvalue weighted by Gasteiger charge is 2.20. The number of benzene rings is 1. The number of halogens is 1. The molecule has 0 spiro atoms. The Labute approximate surface area is 128 Å². The van der Waals surface area contributed by atoms with Gasteiger partial charge in [-0.2, -0.15) is 0 Å². The van der Waals surface area contributed by atoms with E-state index in [-0.39, 0.29) is 24.2 Å². The second-order valence-electron chi connectivity index (χ2n) is 4.98. The van der Waals surface area contributed by atoms with Gasteiger partial charge in [0.15, 0.2) is 5.78 Å². The molecule has 0 aliphatic rings. The van der Waals surface area contributed by atoms with E-state index in [1.807, 2.05) is 38.1 Å². The maximum absolute atomic E-state index is 11.7. The van der Waals surface area contributed by atoms with E-state index in [1.54, 1.807) is 0 Å². The van der Waals surface area contributed by atoms with Crippen molar-refractivity contribution in [3.63, 3.8) is 0 Å². The van der Waals surface area contributed by atoms with Gasteiger partial charge in [-0.15, -0.1) is 0 Å². The molecule has 0 heterocycles. The monoisotopic (exact) mass is 341 g/mol. The van der Waals surface area contributed by atoms with Crippen LogP contribution in [0, 0.1) is 5.92 Å². The summed E-state index contributed by atoms with van der Waals surface area (Å²) >= 11 is 3.42. The second-order valence-corrected chi connectivity index (χ2v) is 5.84. The van der Waals surface area contributed by atoms with E-state index in [1.165, 1.54) is 6.92 Å². The molecule has 0 aromatic heterocycles. The number of carbonyl (C=O) groups excluding carboxylic acids is 2. The molecule has 1 amide bonds. The van der Waals surface area contributed by atoms with Crippen LogP contribution in [0.2, 0.25) is 0 Å². The molecule has 1 N–H and O–H groups in total. The van der Waals surface area contributed by atoms with Crippen LogP contribution in [0.5, 0.6) is 0 Å². The summed E-state index contributed by atoms with van der Waals surface area (Å²) in [5.41, 5.74) is 0.979. The van der Waals surface area contributed by atoms with Crippen molar-refractivity contribution >= 4 is 27.6 Å². The number of nitrogens with one attached hydrogen (secondary N) is 1. The lowest BCUT2D eigenvalue weighted by molar-refractivity contribution is -0.131. The third kappa shape index (κ3) is 5.43. The van der Waals surface area contributed by atoms with Gasteiger partial charge in [-0.05, 0) is 24.5 Å². The second kappa shape index (κ2) is 8.17. The van der Waals surface area contributed by atoms with Crippen LogP contribution in [0.4, 0.5) is 0 Å². The SMILES string of the molecule is CC(=O)C(NC(=O)COCc1ccccc1Br)C(C)C. The van der Waals surface area contributed by atoms with Crippen LogP contribution >= 0.6 is 15.9 Å². The molecule has 4 nitrogen and oxygen atoms in total. The van der Waals surface area contributed by atoms with Crippen LogP contribution in [0.25, 0.3) is 0 Å². The van der Waals surface area contributed by atoms with Crippen molar-refractivity contribution in [1.82, 2.24) is 5.32 Å². The number of rotatable bonds is 7. The largest absolute Gasteiger partial charge is 0.367 e. The highest BCUT2D eigenvalue weighted by molar-refractivity contribution is 9.10. The number of ketones is 1. The van der Waals surface area contributed by atoms with Gasteiger partial charge in [0, 0.05) is 4.47 Å².